The number of nitrogens with one attached hydrogen (secondary N) is 1. The molecule has 3 aliphatic rings. The number of nitrogens with zero attached hydrogens (tertiary/aromatic N) is 3. The molecule has 3 aliphatic heterocycles. The van der Waals surface area contributed by atoms with Gasteiger partial charge >= 0.3 is 0 Å². The molecule has 0 bridgehead atoms. The molecule has 0 saturated heterocycles. The number of benzene rings is 2. The molecule has 0 fully saturated rings. The number of thiazole rings is 1. The summed E-state index contributed by atoms with van der Waals surface area (Å²) in [4.78, 5) is 22.8. The van der Waals surface area contributed by atoms with Gasteiger partial charge in [0.25, 0.3) is 5.91 Å². The van der Waals surface area contributed by atoms with Crippen molar-refractivity contribution in [2.75, 3.05) is 29.5 Å². The van der Waals surface area contributed by atoms with Crippen LogP contribution in [0.3, 0.4) is 0 Å². The lowest BCUT2D eigenvalue weighted by atomic mass is 9.94. The molecule has 4 heterocycles. The van der Waals surface area contributed by atoms with Gasteiger partial charge < -0.3 is 19.9 Å². The van der Waals surface area contributed by atoms with Crippen LogP contribution in [-0.4, -0.2) is 36.1 Å². The minimum Gasteiger partial charge on any atom is -0.490 e. The third kappa shape index (κ3) is 3.07. The molecule has 2 aromatic carbocycles. The van der Waals surface area contributed by atoms with Crippen LogP contribution in [0, 0.1) is 0 Å². The fourth-order valence-electron chi connectivity index (χ4n) is 4.76. The summed E-state index contributed by atoms with van der Waals surface area (Å²) >= 11 is 1.47. The highest BCUT2D eigenvalue weighted by atomic mass is 32.1. The zero-order valence-electron chi connectivity index (χ0n) is 17.6. The summed E-state index contributed by atoms with van der Waals surface area (Å²) in [6.07, 6.45) is 1.80. The van der Waals surface area contributed by atoms with Crippen molar-refractivity contribution < 1.29 is 9.53 Å². The first-order chi connectivity index (χ1) is 15.0. The third-order valence-corrected chi connectivity index (χ3v) is 7.31. The molecule has 6 rings (SSSR count). The first-order valence-electron chi connectivity index (χ1n) is 10.7. The van der Waals surface area contributed by atoms with Crippen molar-refractivity contribution >= 4 is 39.4 Å². The number of rotatable bonds is 2. The highest BCUT2D eigenvalue weighted by Gasteiger charge is 2.35. The first kappa shape index (κ1) is 18.7. The summed E-state index contributed by atoms with van der Waals surface area (Å²) in [6, 6.07) is 15.0. The number of aromatic nitrogens is 1. The van der Waals surface area contributed by atoms with Gasteiger partial charge in [-0.15, -0.1) is 0 Å². The maximum absolute atomic E-state index is 12.6. The van der Waals surface area contributed by atoms with Crippen LogP contribution in [0.15, 0.2) is 42.5 Å². The Morgan fingerprint density at radius 3 is 2.87 bits per heavy atom. The van der Waals surface area contributed by atoms with E-state index in [4.69, 9.17) is 9.72 Å². The Kier molecular flexibility index (Phi) is 4.05. The molecule has 0 spiro atoms. The van der Waals surface area contributed by atoms with E-state index in [0.29, 0.717) is 13.2 Å². The van der Waals surface area contributed by atoms with E-state index in [9.17, 15) is 4.79 Å². The van der Waals surface area contributed by atoms with E-state index in [1.54, 1.807) is 0 Å². The Hall–Kier alpha value is -3.06. The van der Waals surface area contributed by atoms with Crippen molar-refractivity contribution in [1.82, 2.24) is 10.3 Å². The van der Waals surface area contributed by atoms with Crippen molar-refractivity contribution in [2.24, 2.45) is 0 Å². The van der Waals surface area contributed by atoms with Gasteiger partial charge in [0.2, 0.25) is 0 Å². The van der Waals surface area contributed by atoms with E-state index in [-0.39, 0.29) is 11.4 Å². The standard InChI is InChI=1S/C24H24N4O2S/c1-24(2)14-17-21(22(29)26-24)31-23(25-17)28-11-12-30-20-8-7-16(13-19(20)28)27-10-9-15-5-3-4-6-18(15)27/h3-8,13H,9-12,14H2,1-2H3,(H,26,29). The third-order valence-electron chi connectivity index (χ3n) is 6.19. The van der Waals surface area contributed by atoms with Crippen molar-refractivity contribution in [1.29, 1.82) is 0 Å². The van der Waals surface area contributed by atoms with Gasteiger partial charge in [0, 0.05) is 29.9 Å². The molecular weight excluding hydrogens is 408 g/mol. The van der Waals surface area contributed by atoms with Crippen molar-refractivity contribution in [3.63, 3.8) is 0 Å². The molecule has 0 aliphatic carbocycles. The zero-order valence-corrected chi connectivity index (χ0v) is 18.5. The molecule has 7 heteroatoms. The minimum absolute atomic E-state index is 0.0223. The van der Waals surface area contributed by atoms with Gasteiger partial charge in [-0.05, 0) is 50.1 Å². The summed E-state index contributed by atoms with van der Waals surface area (Å²) in [5.41, 5.74) is 5.45. The van der Waals surface area contributed by atoms with Crippen LogP contribution in [0.1, 0.15) is 34.8 Å². The summed E-state index contributed by atoms with van der Waals surface area (Å²) in [5, 5.41) is 3.95. The van der Waals surface area contributed by atoms with E-state index in [1.807, 2.05) is 13.8 Å². The Labute approximate surface area is 185 Å². The van der Waals surface area contributed by atoms with Crippen molar-refractivity contribution in [3.05, 3.63) is 58.6 Å². The Morgan fingerprint density at radius 1 is 1.10 bits per heavy atom. The van der Waals surface area contributed by atoms with Crippen molar-refractivity contribution in [2.45, 2.75) is 32.2 Å². The smallest absolute Gasteiger partial charge is 0.263 e. The number of anilines is 4. The highest BCUT2D eigenvalue weighted by molar-refractivity contribution is 7.17. The molecule has 0 unspecified atom stereocenters. The summed E-state index contributed by atoms with van der Waals surface area (Å²) in [7, 11) is 0. The largest absolute Gasteiger partial charge is 0.490 e. The minimum atomic E-state index is -0.269. The number of carbonyl (C=O) groups excluding carboxylic acids is 1. The van der Waals surface area contributed by atoms with Crippen LogP contribution in [0.5, 0.6) is 5.75 Å². The number of fused-ring (bicyclic) bond motifs is 3. The maximum atomic E-state index is 12.6. The molecular formula is C24H24N4O2S. The van der Waals surface area contributed by atoms with Crippen LogP contribution in [-0.2, 0) is 12.8 Å². The second kappa shape index (κ2) is 6.72. The molecule has 6 nitrogen and oxygen atoms in total. The lowest BCUT2D eigenvalue weighted by Crippen LogP contribution is -2.48. The molecule has 1 amide bonds. The van der Waals surface area contributed by atoms with Gasteiger partial charge in [-0.25, -0.2) is 4.98 Å². The molecule has 0 saturated carbocycles. The Balaban J connectivity index is 1.39. The Bertz CT molecular complexity index is 1200. The van der Waals surface area contributed by atoms with Crippen LogP contribution in [0.25, 0.3) is 0 Å². The van der Waals surface area contributed by atoms with Crippen LogP contribution in [0.4, 0.5) is 22.2 Å². The second-order valence-electron chi connectivity index (χ2n) is 8.97. The lowest BCUT2D eigenvalue weighted by molar-refractivity contribution is 0.0901. The molecule has 1 N–H and O–H groups in total. The van der Waals surface area contributed by atoms with Gasteiger partial charge in [-0.1, -0.05) is 29.5 Å². The Morgan fingerprint density at radius 2 is 1.97 bits per heavy atom. The number of amides is 1. The fourth-order valence-corrected chi connectivity index (χ4v) is 5.78. The van der Waals surface area contributed by atoms with Crippen LogP contribution >= 0.6 is 11.3 Å². The molecule has 158 valence electrons. The summed E-state index contributed by atoms with van der Waals surface area (Å²) in [6.45, 7) is 6.36. The monoisotopic (exact) mass is 432 g/mol. The van der Waals surface area contributed by atoms with E-state index in [1.165, 1.54) is 22.6 Å². The lowest BCUT2D eigenvalue weighted by Gasteiger charge is -2.31. The first-order valence-corrected chi connectivity index (χ1v) is 11.5. The number of hydrogen-bond donors (Lipinski definition) is 1. The predicted octanol–water partition coefficient (Wildman–Crippen LogP) is 4.43. The molecule has 1 aromatic heterocycles. The zero-order chi connectivity index (χ0) is 21.2. The van der Waals surface area contributed by atoms with Gasteiger partial charge in [-0.3, -0.25) is 4.79 Å². The van der Waals surface area contributed by atoms with E-state index < -0.39 is 0 Å². The summed E-state index contributed by atoms with van der Waals surface area (Å²) in [5.74, 6) is 0.839. The number of ether oxygens (including phenoxy) is 1. The van der Waals surface area contributed by atoms with Gasteiger partial charge in [-0.2, -0.15) is 0 Å². The van der Waals surface area contributed by atoms with Crippen molar-refractivity contribution in [3.8, 4) is 5.75 Å². The number of carbonyl (C=O) groups is 1. The number of hydrogen-bond acceptors (Lipinski definition) is 6. The SMILES string of the molecule is CC1(C)Cc2nc(N3CCOc4ccc(N5CCc6ccccc65)cc43)sc2C(=O)N1. The summed E-state index contributed by atoms with van der Waals surface area (Å²) < 4.78 is 5.96. The molecule has 0 atom stereocenters. The topological polar surface area (TPSA) is 57.7 Å². The van der Waals surface area contributed by atoms with Crippen LogP contribution < -0.4 is 19.9 Å². The van der Waals surface area contributed by atoms with Gasteiger partial charge in [0.05, 0.1) is 17.9 Å². The quantitative estimate of drug-likeness (QED) is 0.649. The number of para-hydroxylation sites is 1. The van der Waals surface area contributed by atoms with Crippen LogP contribution in [0.2, 0.25) is 0 Å². The highest BCUT2D eigenvalue weighted by Crippen LogP contribution is 2.44. The molecule has 3 aromatic rings. The van der Waals surface area contributed by atoms with Gasteiger partial charge in [0.15, 0.2) is 5.13 Å². The average Bonchev–Trinajstić information content (AvgIpc) is 3.36. The van der Waals surface area contributed by atoms with E-state index in [2.05, 4.69) is 57.6 Å². The van der Waals surface area contributed by atoms with Gasteiger partial charge in [0.1, 0.15) is 17.2 Å². The molecule has 31 heavy (non-hydrogen) atoms. The van der Waals surface area contributed by atoms with E-state index >= 15 is 0 Å². The fraction of sp³-hybridized carbons (Fsp3) is 0.333. The maximum Gasteiger partial charge on any atom is 0.263 e. The second-order valence-corrected chi connectivity index (χ2v) is 9.95. The normalized spacial score (nSPS) is 18.7. The van der Waals surface area contributed by atoms with E-state index in [0.717, 1.165) is 52.2 Å². The predicted molar refractivity (Wildman–Crippen MR) is 123 cm³/mol. The average molecular weight is 433 g/mol. The molecule has 0 radical (unpaired) electrons.